The molecule has 0 aromatic heterocycles. The molecule has 0 spiro atoms. The Labute approximate surface area is 127 Å². The van der Waals surface area contributed by atoms with Crippen molar-refractivity contribution in [3.05, 3.63) is 0 Å². The van der Waals surface area contributed by atoms with Gasteiger partial charge in [-0.3, -0.25) is 9.59 Å². The Bertz CT molecular complexity index is 365. The lowest BCUT2D eigenvalue weighted by atomic mass is 9.78. The van der Waals surface area contributed by atoms with Crippen LogP contribution < -0.4 is 11.1 Å². The molecule has 2 atom stereocenters. The number of piperidine rings is 1. The number of nitrogens with two attached hydrogens (primary N) is 1. The standard InChI is InChI=1S/C16H29N3O2/c1-2-15(20)18-13-7-9-19(10-8-13)16(21)14-6-4-3-5-12(14)11-17/h12-14H,2-11,17H2,1H3,(H,18,20). The largest absolute Gasteiger partial charge is 0.353 e. The summed E-state index contributed by atoms with van der Waals surface area (Å²) < 4.78 is 0. The minimum atomic E-state index is 0.107. The highest BCUT2D eigenvalue weighted by Gasteiger charge is 2.34. The number of amides is 2. The summed E-state index contributed by atoms with van der Waals surface area (Å²) in [5.74, 6) is 0.898. The molecule has 0 radical (unpaired) electrons. The molecule has 2 amide bonds. The van der Waals surface area contributed by atoms with Crippen molar-refractivity contribution in [2.24, 2.45) is 17.6 Å². The zero-order valence-electron chi connectivity index (χ0n) is 13.1. The predicted molar refractivity (Wildman–Crippen MR) is 82.5 cm³/mol. The van der Waals surface area contributed by atoms with Crippen molar-refractivity contribution in [2.75, 3.05) is 19.6 Å². The summed E-state index contributed by atoms with van der Waals surface area (Å²) in [5, 5.41) is 3.03. The lowest BCUT2D eigenvalue weighted by molar-refractivity contribution is -0.139. The summed E-state index contributed by atoms with van der Waals surface area (Å²) in [6.45, 7) is 4.02. The number of rotatable bonds is 4. The first kappa shape index (κ1) is 16.3. The summed E-state index contributed by atoms with van der Waals surface area (Å²) in [6, 6.07) is 0.234. The van der Waals surface area contributed by atoms with Crippen molar-refractivity contribution >= 4 is 11.8 Å². The van der Waals surface area contributed by atoms with E-state index >= 15 is 0 Å². The maximum Gasteiger partial charge on any atom is 0.226 e. The molecule has 1 aliphatic heterocycles. The third kappa shape index (κ3) is 4.19. The highest BCUT2D eigenvalue weighted by molar-refractivity contribution is 5.79. The monoisotopic (exact) mass is 295 g/mol. The van der Waals surface area contributed by atoms with Gasteiger partial charge in [-0.2, -0.15) is 0 Å². The highest BCUT2D eigenvalue weighted by atomic mass is 16.2. The Morgan fingerprint density at radius 3 is 2.43 bits per heavy atom. The third-order valence-electron chi connectivity index (χ3n) is 5.02. The van der Waals surface area contributed by atoms with Crippen LogP contribution in [0.2, 0.25) is 0 Å². The summed E-state index contributed by atoms with van der Waals surface area (Å²) in [7, 11) is 0. The average Bonchev–Trinajstić information content (AvgIpc) is 2.54. The maximum absolute atomic E-state index is 12.7. The van der Waals surface area contributed by atoms with Crippen LogP contribution in [0.15, 0.2) is 0 Å². The van der Waals surface area contributed by atoms with Crippen molar-refractivity contribution in [2.45, 2.75) is 57.9 Å². The van der Waals surface area contributed by atoms with E-state index in [0.29, 0.717) is 24.8 Å². The van der Waals surface area contributed by atoms with Crippen LogP contribution in [0.3, 0.4) is 0 Å². The van der Waals surface area contributed by atoms with Crippen LogP contribution in [0.5, 0.6) is 0 Å². The molecule has 21 heavy (non-hydrogen) atoms. The minimum absolute atomic E-state index is 0.107. The number of nitrogens with one attached hydrogen (secondary N) is 1. The number of hydrogen-bond acceptors (Lipinski definition) is 3. The third-order valence-corrected chi connectivity index (χ3v) is 5.02. The van der Waals surface area contributed by atoms with Crippen LogP contribution in [-0.2, 0) is 9.59 Å². The van der Waals surface area contributed by atoms with Crippen molar-refractivity contribution in [1.29, 1.82) is 0 Å². The molecule has 5 nitrogen and oxygen atoms in total. The average molecular weight is 295 g/mol. The van der Waals surface area contributed by atoms with Crippen molar-refractivity contribution in [3.63, 3.8) is 0 Å². The first-order chi connectivity index (χ1) is 10.2. The first-order valence-corrected chi connectivity index (χ1v) is 8.44. The zero-order chi connectivity index (χ0) is 15.2. The summed E-state index contributed by atoms with van der Waals surface area (Å²) in [4.78, 5) is 26.1. The quantitative estimate of drug-likeness (QED) is 0.820. The molecule has 1 heterocycles. The highest BCUT2D eigenvalue weighted by Crippen LogP contribution is 2.31. The fourth-order valence-corrected chi connectivity index (χ4v) is 3.62. The molecule has 2 fully saturated rings. The summed E-state index contributed by atoms with van der Waals surface area (Å²) in [5.41, 5.74) is 5.83. The zero-order valence-corrected chi connectivity index (χ0v) is 13.1. The SMILES string of the molecule is CCC(=O)NC1CCN(C(=O)C2CCCCC2CN)CC1. The van der Waals surface area contributed by atoms with E-state index in [4.69, 9.17) is 5.73 Å². The first-order valence-electron chi connectivity index (χ1n) is 8.44. The minimum Gasteiger partial charge on any atom is -0.353 e. The molecule has 120 valence electrons. The van der Waals surface area contributed by atoms with Gasteiger partial charge in [-0.05, 0) is 38.1 Å². The smallest absolute Gasteiger partial charge is 0.226 e. The number of likely N-dealkylation sites (tertiary alicyclic amines) is 1. The van der Waals surface area contributed by atoms with Gasteiger partial charge in [-0.15, -0.1) is 0 Å². The van der Waals surface area contributed by atoms with Gasteiger partial charge >= 0.3 is 0 Å². The molecule has 5 heteroatoms. The van der Waals surface area contributed by atoms with Crippen LogP contribution in [0.25, 0.3) is 0 Å². The van der Waals surface area contributed by atoms with Crippen LogP contribution in [-0.4, -0.2) is 42.4 Å². The number of hydrogen-bond donors (Lipinski definition) is 2. The van der Waals surface area contributed by atoms with Crippen LogP contribution in [0.1, 0.15) is 51.9 Å². The molecule has 3 N–H and O–H groups in total. The van der Waals surface area contributed by atoms with Gasteiger partial charge in [0.15, 0.2) is 0 Å². The molecule has 2 unspecified atom stereocenters. The Hall–Kier alpha value is -1.10. The van der Waals surface area contributed by atoms with Gasteiger partial charge in [-0.1, -0.05) is 19.8 Å². The molecule has 2 rings (SSSR count). The Morgan fingerprint density at radius 2 is 1.81 bits per heavy atom. The van der Waals surface area contributed by atoms with Crippen molar-refractivity contribution in [1.82, 2.24) is 10.2 Å². The molecular formula is C16H29N3O2. The molecule has 0 aromatic rings. The fraction of sp³-hybridized carbons (Fsp3) is 0.875. The summed E-state index contributed by atoms with van der Waals surface area (Å²) in [6.07, 6.45) is 6.71. The van der Waals surface area contributed by atoms with Gasteiger partial charge in [0.2, 0.25) is 11.8 Å². The van der Waals surface area contributed by atoms with Crippen LogP contribution in [0, 0.1) is 11.8 Å². The molecular weight excluding hydrogens is 266 g/mol. The van der Waals surface area contributed by atoms with Crippen molar-refractivity contribution < 1.29 is 9.59 Å². The van der Waals surface area contributed by atoms with Gasteiger partial charge in [0.25, 0.3) is 0 Å². The molecule has 0 aromatic carbocycles. The predicted octanol–water partition coefficient (Wildman–Crippen LogP) is 1.27. The fourth-order valence-electron chi connectivity index (χ4n) is 3.62. The second-order valence-electron chi connectivity index (χ2n) is 6.41. The Kier molecular flexibility index (Phi) is 6.03. The van der Waals surface area contributed by atoms with Gasteiger partial charge < -0.3 is 16.0 Å². The Balaban J connectivity index is 1.83. The molecule has 1 aliphatic carbocycles. The van der Waals surface area contributed by atoms with Gasteiger partial charge in [-0.25, -0.2) is 0 Å². The molecule has 1 saturated heterocycles. The van der Waals surface area contributed by atoms with Crippen LogP contribution in [0.4, 0.5) is 0 Å². The second kappa shape index (κ2) is 7.78. The Morgan fingerprint density at radius 1 is 1.14 bits per heavy atom. The van der Waals surface area contributed by atoms with Gasteiger partial charge in [0, 0.05) is 31.5 Å². The second-order valence-corrected chi connectivity index (χ2v) is 6.41. The van der Waals surface area contributed by atoms with Crippen molar-refractivity contribution in [3.8, 4) is 0 Å². The van der Waals surface area contributed by atoms with Gasteiger partial charge in [0.05, 0.1) is 0 Å². The van der Waals surface area contributed by atoms with E-state index in [1.807, 2.05) is 11.8 Å². The van der Waals surface area contributed by atoms with E-state index < -0.39 is 0 Å². The van der Waals surface area contributed by atoms with E-state index in [1.165, 1.54) is 6.42 Å². The van der Waals surface area contributed by atoms with E-state index in [-0.39, 0.29) is 17.9 Å². The topological polar surface area (TPSA) is 75.4 Å². The van der Waals surface area contributed by atoms with E-state index in [9.17, 15) is 9.59 Å². The summed E-state index contributed by atoms with van der Waals surface area (Å²) >= 11 is 0. The van der Waals surface area contributed by atoms with E-state index in [0.717, 1.165) is 45.2 Å². The lowest BCUT2D eigenvalue weighted by Gasteiger charge is -2.38. The normalized spacial score (nSPS) is 27.4. The molecule has 2 aliphatic rings. The van der Waals surface area contributed by atoms with Gasteiger partial charge in [0.1, 0.15) is 0 Å². The number of nitrogens with zero attached hydrogens (tertiary/aromatic N) is 1. The van der Waals surface area contributed by atoms with E-state index in [1.54, 1.807) is 0 Å². The molecule has 1 saturated carbocycles. The number of carbonyl (C=O) groups is 2. The van der Waals surface area contributed by atoms with Crippen LogP contribution >= 0.6 is 0 Å². The molecule has 0 bridgehead atoms. The lowest BCUT2D eigenvalue weighted by Crippen LogP contribution is -2.49. The van der Waals surface area contributed by atoms with E-state index in [2.05, 4.69) is 5.32 Å². The number of carbonyl (C=O) groups excluding carboxylic acids is 2. The maximum atomic E-state index is 12.7.